The van der Waals surface area contributed by atoms with Crippen LogP contribution in [-0.4, -0.2) is 12.1 Å². The first-order chi connectivity index (χ1) is 9.39. The van der Waals surface area contributed by atoms with Crippen LogP contribution in [-0.2, 0) is 0 Å². The van der Waals surface area contributed by atoms with E-state index in [1.165, 1.54) is 51.5 Å². The smallest absolute Gasteiger partial charge is 0.00966 e. The van der Waals surface area contributed by atoms with Gasteiger partial charge in [0.25, 0.3) is 0 Å². The van der Waals surface area contributed by atoms with Crippen molar-refractivity contribution in [2.24, 2.45) is 23.7 Å². The topological polar surface area (TPSA) is 12.0 Å². The monoisotopic (exact) mass is 281 g/mol. The number of nitrogens with one attached hydrogen (secondary N) is 1. The fourth-order valence-electron chi connectivity index (χ4n) is 3.84. The molecule has 1 aliphatic carbocycles. The van der Waals surface area contributed by atoms with Gasteiger partial charge >= 0.3 is 0 Å². The zero-order valence-electron chi connectivity index (χ0n) is 15.0. The highest BCUT2D eigenvalue weighted by Gasteiger charge is 2.31. The Balaban J connectivity index is 2.59. The van der Waals surface area contributed by atoms with E-state index in [1.54, 1.807) is 0 Å². The highest BCUT2D eigenvalue weighted by molar-refractivity contribution is 4.84. The molecule has 0 radical (unpaired) electrons. The van der Waals surface area contributed by atoms with E-state index in [2.05, 4.69) is 46.9 Å². The predicted molar refractivity (Wildman–Crippen MR) is 91.1 cm³/mol. The molecule has 0 heterocycles. The minimum Gasteiger partial charge on any atom is -0.312 e. The summed E-state index contributed by atoms with van der Waals surface area (Å²) in [6, 6.07) is 0. The van der Waals surface area contributed by atoms with Crippen LogP contribution in [0.4, 0.5) is 0 Å². The SMILES string of the molecule is CCC(CC)CC1CC(CC)CCC1CNC(C)(C)C. The lowest BCUT2D eigenvalue weighted by atomic mass is 9.69. The highest BCUT2D eigenvalue weighted by atomic mass is 14.9. The van der Waals surface area contributed by atoms with E-state index in [0.717, 1.165) is 23.7 Å². The maximum atomic E-state index is 3.76. The maximum Gasteiger partial charge on any atom is 0.00966 e. The molecule has 1 heteroatoms. The van der Waals surface area contributed by atoms with Crippen LogP contribution in [0.25, 0.3) is 0 Å². The van der Waals surface area contributed by atoms with Crippen LogP contribution in [0, 0.1) is 23.7 Å². The third-order valence-corrected chi connectivity index (χ3v) is 5.51. The standard InChI is InChI=1S/C19H39N/c1-7-15(8-2)12-18-13-16(9-3)10-11-17(18)14-20-19(4,5)6/h15-18,20H,7-14H2,1-6H3. The van der Waals surface area contributed by atoms with Crippen LogP contribution < -0.4 is 5.32 Å². The van der Waals surface area contributed by atoms with E-state index in [-0.39, 0.29) is 5.54 Å². The molecular formula is C19H39N. The van der Waals surface area contributed by atoms with Crippen LogP contribution in [0.15, 0.2) is 0 Å². The van der Waals surface area contributed by atoms with E-state index >= 15 is 0 Å². The van der Waals surface area contributed by atoms with Gasteiger partial charge in [-0.05, 0) is 70.3 Å². The molecule has 1 N–H and O–H groups in total. The van der Waals surface area contributed by atoms with E-state index in [9.17, 15) is 0 Å². The molecule has 1 aliphatic rings. The Kier molecular flexibility index (Phi) is 7.58. The molecule has 0 aromatic heterocycles. The Labute approximate surface area is 128 Å². The summed E-state index contributed by atoms with van der Waals surface area (Å²) in [4.78, 5) is 0. The van der Waals surface area contributed by atoms with E-state index in [4.69, 9.17) is 0 Å². The summed E-state index contributed by atoms with van der Waals surface area (Å²) in [5.41, 5.74) is 0.265. The molecule has 0 bridgehead atoms. The first-order valence-corrected chi connectivity index (χ1v) is 9.14. The molecule has 0 aromatic rings. The Bertz CT molecular complexity index is 249. The first kappa shape index (κ1) is 18.0. The molecule has 0 saturated heterocycles. The van der Waals surface area contributed by atoms with Crippen molar-refractivity contribution in [1.82, 2.24) is 5.32 Å². The molecule has 3 atom stereocenters. The highest BCUT2D eigenvalue weighted by Crippen LogP contribution is 2.39. The van der Waals surface area contributed by atoms with Gasteiger partial charge in [0.15, 0.2) is 0 Å². The quantitative estimate of drug-likeness (QED) is 0.636. The summed E-state index contributed by atoms with van der Waals surface area (Å²) in [6.07, 6.45) is 9.99. The van der Waals surface area contributed by atoms with Crippen LogP contribution >= 0.6 is 0 Å². The molecule has 3 unspecified atom stereocenters. The van der Waals surface area contributed by atoms with Gasteiger partial charge in [-0.2, -0.15) is 0 Å². The fraction of sp³-hybridized carbons (Fsp3) is 1.00. The second-order valence-corrected chi connectivity index (χ2v) is 8.16. The van der Waals surface area contributed by atoms with Gasteiger partial charge in [-0.15, -0.1) is 0 Å². The van der Waals surface area contributed by atoms with Crippen LogP contribution in [0.1, 0.15) is 86.5 Å². The number of hydrogen-bond acceptors (Lipinski definition) is 1. The normalized spacial score (nSPS) is 28.1. The average molecular weight is 282 g/mol. The minimum absolute atomic E-state index is 0.265. The van der Waals surface area contributed by atoms with Gasteiger partial charge in [-0.3, -0.25) is 0 Å². The van der Waals surface area contributed by atoms with E-state index in [1.807, 2.05) is 0 Å². The zero-order valence-corrected chi connectivity index (χ0v) is 15.0. The molecule has 0 aromatic carbocycles. The molecule has 1 nitrogen and oxygen atoms in total. The Morgan fingerprint density at radius 2 is 1.65 bits per heavy atom. The molecule has 0 amide bonds. The summed E-state index contributed by atoms with van der Waals surface area (Å²) in [6.45, 7) is 15.2. The zero-order chi connectivity index (χ0) is 15.2. The van der Waals surface area contributed by atoms with Crippen molar-refractivity contribution in [3.8, 4) is 0 Å². The first-order valence-electron chi connectivity index (χ1n) is 9.14. The van der Waals surface area contributed by atoms with Crippen LogP contribution in [0.3, 0.4) is 0 Å². The van der Waals surface area contributed by atoms with Crippen molar-refractivity contribution in [3.63, 3.8) is 0 Å². The maximum absolute atomic E-state index is 3.76. The third-order valence-electron chi connectivity index (χ3n) is 5.51. The summed E-state index contributed by atoms with van der Waals surface area (Å²) in [5.74, 6) is 3.83. The molecular weight excluding hydrogens is 242 g/mol. The van der Waals surface area contributed by atoms with Gasteiger partial charge in [-0.25, -0.2) is 0 Å². The van der Waals surface area contributed by atoms with Gasteiger partial charge in [0.2, 0.25) is 0 Å². The second-order valence-electron chi connectivity index (χ2n) is 8.16. The van der Waals surface area contributed by atoms with E-state index < -0.39 is 0 Å². The second kappa shape index (κ2) is 8.41. The molecule has 1 rings (SSSR count). The lowest BCUT2D eigenvalue weighted by Gasteiger charge is -2.39. The minimum atomic E-state index is 0.265. The van der Waals surface area contributed by atoms with Crippen molar-refractivity contribution in [3.05, 3.63) is 0 Å². The number of hydrogen-bond donors (Lipinski definition) is 1. The Hall–Kier alpha value is -0.0400. The molecule has 1 saturated carbocycles. The third kappa shape index (κ3) is 6.16. The lowest BCUT2D eigenvalue weighted by Crippen LogP contribution is -2.42. The number of rotatable bonds is 7. The van der Waals surface area contributed by atoms with Crippen molar-refractivity contribution >= 4 is 0 Å². The summed E-state index contributed by atoms with van der Waals surface area (Å²) < 4.78 is 0. The van der Waals surface area contributed by atoms with Gasteiger partial charge in [0.05, 0.1) is 0 Å². The van der Waals surface area contributed by atoms with Gasteiger partial charge < -0.3 is 5.32 Å². The Morgan fingerprint density at radius 1 is 1.00 bits per heavy atom. The summed E-state index contributed by atoms with van der Waals surface area (Å²) in [5, 5.41) is 3.76. The molecule has 0 aliphatic heterocycles. The van der Waals surface area contributed by atoms with E-state index in [0.29, 0.717) is 0 Å². The molecule has 20 heavy (non-hydrogen) atoms. The lowest BCUT2D eigenvalue weighted by molar-refractivity contribution is 0.136. The molecule has 120 valence electrons. The predicted octanol–water partition coefficient (Wildman–Crippen LogP) is 5.64. The van der Waals surface area contributed by atoms with Crippen LogP contribution in [0.5, 0.6) is 0 Å². The van der Waals surface area contributed by atoms with Crippen LogP contribution in [0.2, 0.25) is 0 Å². The molecule has 0 spiro atoms. The van der Waals surface area contributed by atoms with Gasteiger partial charge in [0.1, 0.15) is 0 Å². The van der Waals surface area contributed by atoms with Gasteiger partial charge in [0, 0.05) is 5.54 Å². The molecule has 1 fully saturated rings. The average Bonchev–Trinajstić information content (AvgIpc) is 2.42. The largest absolute Gasteiger partial charge is 0.312 e. The van der Waals surface area contributed by atoms with Crippen molar-refractivity contribution in [1.29, 1.82) is 0 Å². The van der Waals surface area contributed by atoms with Crippen molar-refractivity contribution in [2.45, 2.75) is 92.0 Å². The summed E-state index contributed by atoms with van der Waals surface area (Å²) in [7, 11) is 0. The Morgan fingerprint density at radius 3 is 2.15 bits per heavy atom. The van der Waals surface area contributed by atoms with Crippen molar-refractivity contribution in [2.75, 3.05) is 6.54 Å². The fourth-order valence-corrected chi connectivity index (χ4v) is 3.84. The van der Waals surface area contributed by atoms with Crippen molar-refractivity contribution < 1.29 is 0 Å². The van der Waals surface area contributed by atoms with Gasteiger partial charge in [-0.1, -0.05) is 46.5 Å². The summed E-state index contributed by atoms with van der Waals surface area (Å²) >= 11 is 0.